The molecule has 0 aliphatic heterocycles. The molecule has 49 heavy (non-hydrogen) atoms. The number of thioether (sulfide) groups is 1. The number of amides is 3. The Morgan fingerprint density at radius 3 is 2.41 bits per heavy atom. The third kappa shape index (κ3) is 9.18. The van der Waals surface area contributed by atoms with Crippen molar-refractivity contribution in [3.05, 3.63) is 108 Å². The van der Waals surface area contributed by atoms with Gasteiger partial charge in [0.2, 0.25) is 5.91 Å². The van der Waals surface area contributed by atoms with Gasteiger partial charge >= 0.3 is 0 Å². The molecular formula is C37H36N4O6S2. The maximum absolute atomic E-state index is 13.7. The number of methoxy groups -OCH3 is 2. The van der Waals surface area contributed by atoms with E-state index in [1.165, 1.54) is 37.3 Å². The summed E-state index contributed by atoms with van der Waals surface area (Å²) in [5, 5.41) is 8.70. The van der Waals surface area contributed by atoms with Crippen molar-refractivity contribution in [3.63, 3.8) is 0 Å². The molecule has 0 spiro atoms. The number of hydrogen-bond acceptors (Lipinski definition) is 9. The van der Waals surface area contributed by atoms with Crippen LogP contribution in [-0.2, 0) is 9.59 Å². The lowest BCUT2D eigenvalue weighted by atomic mass is 10.1. The molecule has 5 rings (SSSR count). The molecule has 0 saturated carbocycles. The van der Waals surface area contributed by atoms with E-state index in [9.17, 15) is 14.4 Å². The number of hydrogen-bond donors (Lipinski definition) is 3. The van der Waals surface area contributed by atoms with Gasteiger partial charge in [0, 0.05) is 16.1 Å². The van der Waals surface area contributed by atoms with Crippen molar-refractivity contribution >= 4 is 67.9 Å². The molecule has 3 N–H and O–H groups in total. The predicted octanol–water partition coefficient (Wildman–Crippen LogP) is 7.63. The number of benzene rings is 4. The van der Waals surface area contributed by atoms with Gasteiger partial charge in [-0.1, -0.05) is 48.6 Å². The van der Waals surface area contributed by atoms with Gasteiger partial charge in [0.15, 0.2) is 16.6 Å². The predicted molar refractivity (Wildman–Crippen MR) is 196 cm³/mol. The summed E-state index contributed by atoms with van der Waals surface area (Å²) in [6, 6.07) is 26.7. The summed E-state index contributed by atoms with van der Waals surface area (Å²) in [4.78, 5) is 45.4. The molecule has 0 saturated heterocycles. The van der Waals surface area contributed by atoms with Crippen molar-refractivity contribution in [2.45, 2.75) is 30.4 Å². The van der Waals surface area contributed by atoms with Gasteiger partial charge in [-0.3, -0.25) is 14.4 Å². The number of nitrogens with zero attached hydrogens (tertiary/aromatic N) is 1. The molecule has 4 aromatic carbocycles. The topological polar surface area (TPSA) is 128 Å². The Bertz CT molecular complexity index is 1980. The summed E-state index contributed by atoms with van der Waals surface area (Å²) in [5.74, 6) is 0.621. The minimum atomic E-state index is -0.533. The fourth-order valence-corrected chi connectivity index (χ4v) is 6.70. The second-order valence-corrected chi connectivity index (χ2v) is 12.9. The molecule has 0 aliphatic carbocycles. The summed E-state index contributed by atoms with van der Waals surface area (Å²) in [6.07, 6.45) is 2.13. The van der Waals surface area contributed by atoms with Crippen LogP contribution in [-0.4, -0.2) is 48.8 Å². The largest absolute Gasteiger partial charge is 0.494 e. The summed E-state index contributed by atoms with van der Waals surface area (Å²) < 4.78 is 17.2. The van der Waals surface area contributed by atoms with Gasteiger partial charge in [-0.05, 0) is 85.6 Å². The zero-order valence-electron chi connectivity index (χ0n) is 27.4. The molecule has 3 amide bonds. The first-order chi connectivity index (χ1) is 23.8. The maximum Gasteiger partial charge on any atom is 0.272 e. The number of carbonyl (C=O) groups excluding carboxylic acids is 3. The summed E-state index contributed by atoms with van der Waals surface area (Å²) in [7, 11) is 3.06. The molecule has 1 atom stereocenters. The molecule has 1 heterocycles. The molecule has 10 nitrogen and oxygen atoms in total. The highest BCUT2D eigenvalue weighted by atomic mass is 32.2. The fourth-order valence-electron chi connectivity index (χ4n) is 4.78. The molecule has 0 fully saturated rings. The van der Waals surface area contributed by atoms with E-state index in [4.69, 9.17) is 14.2 Å². The first kappa shape index (κ1) is 35.0. The Kier molecular flexibility index (Phi) is 11.9. The Morgan fingerprint density at radius 2 is 1.67 bits per heavy atom. The van der Waals surface area contributed by atoms with Crippen LogP contribution < -0.4 is 30.2 Å². The van der Waals surface area contributed by atoms with E-state index in [2.05, 4.69) is 20.9 Å². The molecule has 0 aliphatic rings. The number of aromatic nitrogens is 1. The van der Waals surface area contributed by atoms with Gasteiger partial charge in [0.05, 0.1) is 36.3 Å². The third-order valence-electron chi connectivity index (χ3n) is 7.18. The van der Waals surface area contributed by atoms with Crippen LogP contribution in [0.4, 0.5) is 10.8 Å². The number of ether oxygens (including phenoxy) is 3. The first-order valence-electron chi connectivity index (χ1n) is 15.5. The summed E-state index contributed by atoms with van der Waals surface area (Å²) >= 11 is 2.77. The Labute approximate surface area is 292 Å². The molecule has 12 heteroatoms. The van der Waals surface area contributed by atoms with Crippen LogP contribution in [0, 0.1) is 0 Å². The van der Waals surface area contributed by atoms with E-state index in [1.54, 1.807) is 72.8 Å². The molecule has 0 radical (unpaired) electrons. The number of nitrogens with one attached hydrogen (secondary N) is 3. The average Bonchev–Trinajstić information content (AvgIpc) is 3.52. The highest BCUT2D eigenvalue weighted by Gasteiger charge is 2.21. The lowest BCUT2D eigenvalue weighted by Crippen LogP contribution is -2.30. The van der Waals surface area contributed by atoms with Gasteiger partial charge in [-0.2, -0.15) is 0 Å². The molecule has 252 valence electrons. The van der Waals surface area contributed by atoms with Gasteiger partial charge in [0.25, 0.3) is 11.8 Å². The van der Waals surface area contributed by atoms with Crippen LogP contribution in [0.25, 0.3) is 16.3 Å². The van der Waals surface area contributed by atoms with E-state index >= 15 is 0 Å². The molecule has 0 bridgehead atoms. The maximum atomic E-state index is 13.7. The van der Waals surface area contributed by atoms with Crippen LogP contribution >= 0.6 is 23.1 Å². The van der Waals surface area contributed by atoms with E-state index in [1.807, 2.05) is 38.1 Å². The van der Waals surface area contributed by atoms with Crippen molar-refractivity contribution in [3.8, 4) is 17.2 Å². The summed E-state index contributed by atoms with van der Waals surface area (Å²) in [6.45, 7) is 4.43. The Hall–Kier alpha value is -5.33. The first-order valence-corrected chi connectivity index (χ1v) is 17.2. The highest BCUT2D eigenvalue weighted by Crippen LogP contribution is 2.32. The van der Waals surface area contributed by atoms with Crippen molar-refractivity contribution in [2.24, 2.45) is 0 Å². The minimum absolute atomic E-state index is 0.0224. The normalized spacial score (nSPS) is 11.8. The second-order valence-electron chi connectivity index (χ2n) is 10.6. The second kappa shape index (κ2) is 16.7. The monoisotopic (exact) mass is 696 g/mol. The zero-order chi connectivity index (χ0) is 34.8. The van der Waals surface area contributed by atoms with E-state index in [0.29, 0.717) is 46.5 Å². The van der Waals surface area contributed by atoms with Crippen LogP contribution in [0.2, 0.25) is 0 Å². The number of anilines is 2. The van der Waals surface area contributed by atoms with E-state index in [-0.39, 0.29) is 11.6 Å². The number of rotatable bonds is 14. The van der Waals surface area contributed by atoms with Crippen molar-refractivity contribution in [1.82, 2.24) is 10.3 Å². The third-order valence-corrected chi connectivity index (χ3v) is 9.47. The number of fused-ring (bicyclic) bond motifs is 1. The molecule has 5 aromatic rings. The van der Waals surface area contributed by atoms with Crippen LogP contribution in [0.1, 0.15) is 36.2 Å². The highest BCUT2D eigenvalue weighted by molar-refractivity contribution is 8.00. The van der Waals surface area contributed by atoms with Crippen molar-refractivity contribution in [1.29, 1.82) is 0 Å². The van der Waals surface area contributed by atoms with E-state index < -0.39 is 17.1 Å². The Morgan fingerprint density at radius 1 is 0.878 bits per heavy atom. The van der Waals surface area contributed by atoms with Gasteiger partial charge in [0.1, 0.15) is 11.4 Å². The van der Waals surface area contributed by atoms with Crippen molar-refractivity contribution in [2.75, 3.05) is 31.5 Å². The van der Waals surface area contributed by atoms with Gasteiger partial charge < -0.3 is 30.2 Å². The van der Waals surface area contributed by atoms with Crippen molar-refractivity contribution < 1.29 is 28.6 Å². The lowest BCUT2D eigenvalue weighted by Gasteiger charge is -2.15. The SMILES string of the molecule is CCOc1ccc2nc(NC(=O)C(CC)Sc3cccc(NC(=O)/C(=C\c4ccc(OC)c(OC)c4)NC(=O)c4ccccc4)c3)sc2c1. The smallest absolute Gasteiger partial charge is 0.272 e. The Balaban J connectivity index is 1.31. The fraction of sp³-hybridized carbons (Fsp3) is 0.189. The number of thiazole rings is 1. The van der Waals surface area contributed by atoms with Crippen LogP contribution in [0.15, 0.2) is 102 Å². The molecule has 1 unspecified atom stereocenters. The summed E-state index contributed by atoms with van der Waals surface area (Å²) in [5.41, 5.74) is 2.31. The minimum Gasteiger partial charge on any atom is -0.494 e. The lowest BCUT2D eigenvalue weighted by molar-refractivity contribution is -0.116. The van der Waals surface area contributed by atoms with Gasteiger partial charge in [-0.15, -0.1) is 11.8 Å². The molecule has 1 aromatic heterocycles. The number of carbonyl (C=O) groups is 3. The van der Waals surface area contributed by atoms with Gasteiger partial charge in [-0.25, -0.2) is 4.98 Å². The average molecular weight is 697 g/mol. The van der Waals surface area contributed by atoms with Crippen LogP contribution in [0.3, 0.4) is 0 Å². The quantitative estimate of drug-likeness (QED) is 0.0799. The van der Waals surface area contributed by atoms with E-state index in [0.717, 1.165) is 20.9 Å². The standard InChI is InChI=1S/C37H36N4O6S2/c1-5-32(36(44)41-37-40-28-17-16-26(47-6-2)22-33(28)49-37)48-27-14-10-13-25(21-27)38-35(43)29(39-34(42)24-11-8-7-9-12-24)19-23-15-18-30(45-3)31(20-23)46-4/h7-22,32H,5-6H2,1-4H3,(H,38,43)(H,39,42)(H,40,41,44)/b29-19+. The molecular weight excluding hydrogens is 661 g/mol. The van der Waals surface area contributed by atoms with Crippen LogP contribution in [0.5, 0.6) is 17.2 Å². The zero-order valence-corrected chi connectivity index (χ0v) is 29.1.